The van der Waals surface area contributed by atoms with Gasteiger partial charge in [-0.05, 0) is 69.4 Å². The van der Waals surface area contributed by atoms with Crippen molar-refractivity contribution in [3.8, 4) is 5.69 Å². The second kappa shape index (κ2) is 8.62. The first-order chi connectivity index (χ1) is 14.4. The number of carbonyl (C=O) groups excluding carboxylic acids is 1. The van der Waals surface area contributed by atoms with Crippen molar-refractivity contribution in [2.24, 2.45) is 5.92 Å². The fourth-order valence-electron chi connectivity index (χ4n) is 3.80. The van der Waals surface area contributed by atoms with Gasteiger partial charge in [0.15, 0.2) is 0 Å². The summed E-state index contributed by atoms with van der Waals surface area (Å²) in [4.78, 5) is 12.7. The summed E-state index contributed by atoms with van der Waals surface area (Å²) < 4.78 is 1.87. The molecular formula is C24H27ClN4O. The minimum Gasteiger partial charge on any atom is -0.322 e. The number of hydrogen-bond donors (Lipinski definition) is 2. The first-order valence-electron chi connectivity index (χ1n) is 10.3. The van der Waals surface area contributed by atoms with Gasteiger partial charge in [0, 0.05) is 11.1 Å². The molecule has 1 aromatic heterocycles. The van der Waals surface area contributed by atoms with Gasteiger partial charge < -0.3 is 10.6 Å². The van der Waals surface area contributed by atoms with Crippen molar-refractivity contribution in [2.45, 2.75) is 39.7 Å². The second-order valence-electron chi connectivity index (χ2n) is 8.09. The summed E-state index contributed by atoms with van der Waals surface area (Å²) in [7, 11) is 0. The van der Waals surface area contributed by atoms with Crippen molar-refractivity contribution in [1.82, 2.24) is 15.1 Å². The maximum atomic E-state index is 12.7. The molecule has 1 aliphatic carbocycles. The van der Waals surface area contributed by atoms with E-state index in [-0.39, 0.29) is 18.5 Å². The van der Waals surface area contributed by atoms with Gasteiger partial charge in [0.1, 0.15) is 0 Å². The van der Waals surface area contributed by atoms with Crippen LogP contribution in [0.4, 0.5) is 5.69 Å². The Morgan fingerprint density at radius 3 is 2.40 bits per heavy atom. The van der Waals surface area contributed by atoms with E-state index >= 15 is 0 Å². The van der Waals surface area contributed by atoms with E-state index in [9.17, 15) is 4.79 Å². The molecule has 1 heterocycles. The number of rotatable bonds is 7. The van der Waals surface area contributed by atoms with Crippen LogP contribution in [0.25, 0.3) is 5.69 Å². The van der Waals surface area contributed by atoms with Gasteiger partial charge in [-0.2, -0.15) is 5.10 Å². The topological polar surface area (TPSA) is 59.0 Å². The Balaban J connectivity index is 1.43. The zero-order valence-corrected chi connectivity index (χ0v) is 18.3. The highest BCUT2D eigenvalue weighted by molar-refractivity contribution is 6.30. The van der Waals surface area contributed by atoms with Crippen molar-refractivity contribution in [2.75, 3.05) is 11.9 Å². The Hall–Kier alpha value is -2.63. The molecule has 4 rings (SSSR count). The molecule has 0 spiro atoms. The van der Waals surface area contributed by atoms with Crippen LogP contribution in [0.1, 0.15) is 41.4 Å². The Bertz CT molecular complexity index is 1040. The third kappa shape index (κ3) is 4.58. The molecule has 1 saturated carbocycles. The van der Waals surface area contributed by atoms with Crippen LogP contribution in [0, 0.1) is 26.7 Å². The molecule has 5 nitrogen and oxygen atoms in total. The maximum absolute atomic E-state index is 12.7. The Morgan fingerprint density at radius 2 is 1.77 bits per heavy atom. The fourth-order valence-corrected chi connectivity index (χ4v) is 3.93. The highest BCUT2D eigenvalue weighted by atomic mass is 35.5. The number of nitrogens with one attached hydrogen (secondary N) is 2. The highest BCUT2D eigenvalue weighted by Gasteiger charge is 2.32. The predicted molar refractivity (Wildman–Crippen MR) is 121 cm³/mol. The number of halogens is 1. The fraction of sp³-hybridized carbons (Fsp3) is 0.333. The van der Waals surface area contributed by atoms with Crippen molar-refractivity contribution in [3.63, 3.8) is 0 Å². The van der Waals surface area contributed by atoms with E-state index in [2.05, 4.69) is 34.8 Å². The van der Waals surface area contributed by atoms with Crippen molar-refractivity contribution < 1.29 is 4.79 Å². The molecule has 1 unspecified atom stereocenters. The molecule has 1 fully saturated rings. The minimum atomic E-state index is -0.0655. The molecule has 0 aliphatic heterocycles. The van der Waals surface area contributed by atoms with E-state index < -0.39 is 0 Å². The van der Waals surface area contributed by atoms with E-state index in [0.29, 0.717) is 5.92 Å². The molecule has 30 heavy (non-hydrogen) atoms. The van der Waals surface area contributed by atoms with Gasteiger partial charge >= 0.3 is 0 Å². The molecule has 1 amide bonds. The van der Waals surface area contributed by atoms with Crippen LogP contribution >= 0.6 is 11.6 Å². The summed E-state index contributed by atoms with van der Waals surface area (Å²) in [5, 5.41) is 11.8. The largest absolute Gasteiger partial charge is 0.322 e. The van der Waals surface area contributed by atoms with Crippen LogP contribution in [-0.2, 0) is 4.79 Å². The van der Waals surface area contributed by atoms with E-state index in [0.717, 1.165) is 27.8 Å². The number of aromatic nitrogens is 2. The lowest BCUT2D eigenvalue weighted by Gasteiger charge is -2.19. The summed E-state index contributed by atoms with van der Waals surface area (Å²) in [6, 6.07) is 16.2. The van der Waals surface area contributed by atoms with Gasteiger partial charge in [0.05, 0.1) is 29.3 Å². The lowest BCUT2D eigenvalue weighted by Crippen LogP contribution is -2.32. The Kier molecular flexibility index (Phi) is 5.93. The van der Waals surface area contributed by atoms with Crippen LogP contribution in [0.5, 0.6) is 0 Å². The summed E-state index contributed by atoms with van der Waals surface area (Å²) in [5.74, 6) is 0.510. The molecule has 3 aromatic rings. The Labute approximate surface area is 182 Å². The number of benzene rings is 2. The zero-order valence-electron chi connectivity index (χ0n) is 17.6. The smallest absolute Gasteiger partial charge is 0.238 e. The quantitative estimate of drug-likeness (QED) is 0.554. The van der Waals surface area contributed by atoms with Gasteiger partial charge in [-0.15, -0.1) is 0 Å². The predicted octanol–water partition coefficient (Wildman–Crippen LogP) is 5.13. The molecule has 1 aliphatic rings. The van der Waals surface area contributed by atoms with E-state index in [1.807, 2.05) is 54.9 Å². The first-order valence-corrected chi connectivity index (χ1v) is 10.7. The van der Waals surface area contributed by atoms with Gasteiger partial charge in [0.25, 0.3) is 0 Å². The molecule has 6 heteroatoms. The van der Waals surface area contributed by atoms with E-state index in [1.54, 1.807) is 0 Å². The van der Waals surface area contributed by atoms with Crippen LogP contribution < -0.4 is 10.6 Å². The maximum Gasteiger partial charge on any atom is 0.238 e. The highest BCUT2D eigenvalue weighted by Crippen LogP contribution is 2.41. The van der Waals surface area contributed by atoms with Crippen LogP contribution in [0.15, 0.2) is 48.5 Å². The molecule has 1 atom stereocenters. The number of aryl methyl sites for hydroxylation is 2. The Morgan fingerprint density at radius 1 is 1.10 bits per heavy atom. The molecule has 0 saturated heterocycles. The number of anilines is 1. The summed E-state index contributed by atoms with van der Waals surface area (Å²) in [6.07, 6.45) is 2.37. The number of nitrogens with zero attached hydrogens (tertiary/aromatic N) is 2. The van der Waals surface area contributed by atoms with Crippen molar-refractivity contribution >= 4 is 23.2 Å². The first kappa shape index (κ1) is 20.6. The minimum absolute atomic E-state index is 0.0655. The van der Waals surface area contributed by atoms with Gasteiger partial charge in [0.2, 0.25) is 5.91 Å². The molecule has 156 valence electrons. The number of carbonyl (C=O) groups is 1. The SMILES string of the molecule is Cc1ccc(-n2nc(C)c(NC(=O)CNC(c3ccc(Cl)cc3)C3CC3)c2C)cc1. The van der Waals surface area contributed by atoms with Gasteiger partial charge in [-0.3, -0.25) is 4.79 Å². The third-order valence-corrected chi connectivity index (χ3v) is 5.89. The van der Waals surface area contributed by atoms with Crippen molar-refractivity contribution in [1.29, 1.82) is 0 Å². The second-order valence-corrected chi connectivity index (χ2v) is 8.53. The molecule has 2 aromatic carbocycles. The lowest BCUT2D eigenvalue weighted by atomic mass is 10.0. The monoisotopic (exact) mass is 422 g/mol. The summed E-state index contributed by atoms with van der Waals surface area (Å²) >= 11 is 6.02. The molecule has 0 radical (unpaired) electrons. The van der Waals surface area contributed by atoms with E-state index in [1.165, 1.54) is 24.0 Å². The molecule has 0 bridgehead atoms. The zero-order chi connectivity index (χ0) is 21.3. The summed E-state index contributed by atoms with van der Waals surface area (Å²) in [6.45, 7) is 6.20. The normalized spacial score (nSPS) is 14.5. The van der Waals surface area contributed by atoms with Crippen LogP contribution in [0.3, 0.4) is 0 Å². The van der Waals surface area contributed by atoms with Gasteiger partial charge in [-0.1, -0.05) is 41.4 Å². The van der Waals surface area contributed by atoms with Crippen molar-refractivity contribution in [3.05, 3.63) is 76.1 Å². The van der Waals surface area contributed by atoms with E-state index in [4.69, 9.17) is 11.6 Å². The molecular weight excluding hydrogens is 396 g/mol. The number of amides is 1. The lowest BCUT2D eigenvalue weighted by molar-refractivity contribution is -0.115. The van der Waals surface area contributed by atoms with Crippen LogP contribution in [-0.4, -0.2) is 22.2 Å². The number of hydrogen-bond acceptors (Lipinski definition) is 3. The summed E-state index contributed by atoms with van der Waals surface area (Å²) in [5.41, 5.74) is 5.85. The molecule has 2 N–H and O–H groups in total. The average molecular weight is 423 g/mol. The standard InChI is InChI=1S/C24H27ClN4O/c1-15-4-12-21(13-5-15)29-17(3)23(16(2)28-29)27-22(30)14-26-24(18-6-7-18)19-8-10-20(25)11-9-19/h4-5,8-13,18,24,26H,6-7,14H2,1-3H3,(H,27,30). The van der Waals surface area contributed by atoms with Crippen LogP contribution in [0.2, 0.25) is 5.02 Å². The average Bonchev–Trinajstić information content (AvgIpc) is 3.53. The van der Waals surface area contributed by atoms with Gasteiger partial charge in [-0.25, -0.2) is 4.68 Å². The third-order valence-electron chi connectivity index (χ3n) is 5.64.